The summed E-state index contributed by atoms with van der Waals surface area (Å²) < 4.78 is 1.98. The lowest BCUT2D eigenvalue weighted by atomic mass is 10.1. The number of aryl methyl sites for hydroxylation is 4. The molecule has 0 aliphatic carbocycles. The fraction of sp³-hybridized carbons (Fsp3) is 0.235. The zero-order valence-corrected chi connectivity index (χ0v) is 12.8. The van der Waals surface area contributed by atoms with Gasteiger partial charge in [0.15, 0.2) is 5.82 Å². The van der Waals surface area contributed by atoms with Crippen LogP contribution in [0.3, 0.4) is 0 Å². The average molecular weight is 278 g/mol. The van der Waals surface area contributed by atoms with Crippen molar-refractivity contribution in [2.24, 2.45) is 10.2 Å². The summed E-state index contributed by atoms with van der Waals surface area (Å²) in [5.41, 5.74) is 6.20. The minimum atomic E-state index is 0.786. The first kappa shape index (κ1) is 13.5. The SMILES string of the molecule is Cc1ccc(N=Nc2c(C)nc3ccc(C)cn23)c(C)c1. The standard InChI is InChI=1S/C17H18N4/c1-11-5-7-15(13(3)9-11)19-20-17-14(4)18-16-8-6-12(2)10-21(16)17/h5-10H,1-4H3. The summed E-state index contributed by atoms with van der Waals surface area (Å²) >= 11 is 0. The minimum absolute atomic E-state index is 0.786. The van der Waals surface area contributed by atoms with Crippen LogP contribution in [-0.2, 0) is 0 Å². The highest BCUT2D eigenvalue weighted by Crippen LogP contribution is 2.26. The Morgan fingerprint density at radius 3 is 2.43 bits per heavy atom. The van der Waals surface area contributed by atoms with Crippen molar-refractivity contribution < 1.29 is 0 Å². The van der Waals surface area contributed by atoms with Gasteiger partial charge in [0.05, 0.1) is 11.4 Å². The van der Waals surface area contributed by atoms with Crippen LogP contribution in [-0.4, -0.2) is 9.38 Å². The Hall–Kier alpha value is -2.49. The molecule has 4 nitrogen and oxygen atoms in total. The first-order valence-corrected chi connectivity index (χ1v) is 6.99. The van der Waals surface area contributed by atoms with E-state index in [4.69, 9.17) is 0 Å². The molecule has 3 aromatic rings. The van der Waals surface area contributed by atoms with E-state index in [2.05, 4.69) is 35.1 Å². The lowest BCUT2D eigenvalue weighted by Gasteiger charge is -2.01. The largest absolute Gasteiger partial charge is 0.283 e. The van der Waals surface area contributed by atoms with Crippen LogP contribution in [0.15, 0.2) is 46.8 Å². The molecule has 106 valence electrons. The Bertz CT molecular complexity index is 843. The fourth-order valence-electron chi connectivity index (χ4n) is 2.40. The normalized spacial score (nSPS) is 11.6. The predicted octanol–water partition coefficient (Wildman–Crippen LogP) is 4.98. The van der Waals surface area contributed by atoms with Gasteiger partial charge in [0, 0.05) is 6.20 Å². The number of azo groups is 1. The van der Waals surface area contributed by atoms with Crippen LogP contribution in [0.2, 0.25) is 0 Å². The fourth-order valence-corrected chi connectivity index (χ4v) is 2.40. The van der Waals surface area contributed by atoms with E-state index in [-0.39, 0.29) is 0 Å². The average Bonchev–Trinajstić information content (AvgIpc) is 2.73. The third kappa shape index (κ3) is 2.57. The molecule has 4 heteroatoms. The van der Waals surface area contributed by atoms with E-state index in [1.54, 1.807) is 0 Å². The Morgan fingerprint density at radius 2 is 1.67 bits per heavy atom. The van der Waals surface area contributed by atoms with Gasteiger partial charge in [0.1, 0.15) is 5.65 Å². The summed E-state index contributed by atoms with van der Waals surface area (Å²) in [6, 6.07) is 10.2. The van der Waals surface area contributed by atoms with Crippen molar-refractivity contribution in [1.82, 2.24) is 9.38 Å². The van der Waals surface area contributed by atoms with Gasteiger partial charge in [-0.3, -0.25) is 4.40 Å². The lowest BCUT2D eigenvalue weighted by molar-refractivity contribution is 1.08. The topological polar surface area (TPSA) is 42.0 Å². The molecule has 0 saturated heterocycles. The molecule has 0 saturated carbocycles. The van der Waals surface area contributed by atoms with Crippen molar-refractivity contribution in [3.05, 3.63) is 58.9 Å². The highest BCUT2D eigenvalue weighted by molar-refractivity contribution is 5.53. The maximum atomic E-state index is 4.51. The number of hydrogen-bond acceptors (Lipinski definition) is 3. The number of fused-ring (bicyclic) bond motifs is 1. The third-order valence-corrected chi connectivity index (χ3v) is 3.51. The van der Waals surface area contributed by atoms with Gasteiger partial charge in [-0.2, -0.15) is 0 Å². The molecule has 21 heavy (non-hydrogen) atoms. The van der Waals surface area contributed by atoms with Crippen LogP contribution in [0.25, 0.3) is 5.65 Å². The van der Waals surface area contributed by atoms with Crippen molar-refractivity contribution in [2.75, 3.05) is 0 Å². The number of rotatable bonds is 2. The molecule has 3 rings (SSSR count). The summed E-state index contributed by atoms with van der Waals surface area (Å²) in [5.74, 6) is 0.786. The summed E-state index contributed by atoms with van der Waals surface area (Å²) in [6.07, 6.45) is 2.03. The second kappa shape index (κ2) is 5.13. The van der Waals surface area contributed by atoms with E-state index >= 15 is 0 Å². The number of benzene rings is 1. The summed E-state index contributed by atoms with van der Waals surface area (Å²) in [4.78, 5) is 4.51. The molecule has 0 bridgehead atoms. The minimum Gasteiger partial charge on any atom is -0.283 e. The van der Waals surface area contributed by atoms with Crippen molar-refractivity contribution >= 4 is 17.2 Å². The Morgan fingerprint density at radius 1 is 0.905 bits per heavy atom. The van der Waals surface area contributed by atoms with Crippen LogP contribution >= 0.6 is 0 Å². The molecule has 0 unspecified atom stereocenters. The highest BCUT2D eigenvalue weighted by atomic mass is 15.2. The van der Waals surface area contributed by atoms with Crippen molar-refractivity contribution in [1.29, 1.82) is 0 Å². The molecule has 0 atom stereocenters. The van der Waals surface area contributed by atoms with Crippen molar-refractivity contribution in [3.8, 4) is 0 Å². The van der Waals surface area contributed by atoms with Crippen LogP contribution in [0, 0.1) is 27.7 Å². The molecule has 0 N–H and O–H groups in total. The Kier molecular flexibility index (Phi) is 3.29. The number of nitrogens with zero attached hydrogens (tertiary/aromatic N) is 4. The number of aromatic nitrogens is 2. The summed E-state index contributed by atoms with van der Waals surface area (Å²) in [6.45, 7) is 8.14. The lowest BCUT2D eigenvalue weighted by Crippen LogP contribution is -1.85. The number of imidazole rings is 1. The van der Waals surface area contributed by atoms with Gasteiger partial charge in [-0.05, 0) is 51.0 Å². The molecule has 2 aromatic heterocycles. The quantitative estimate of drug-likeness (QED) is 0.609. The highest BCUT2D eigenvalue weighted by Gasteiger charge is 2.08. The van der Waals surface area contributed by atoms with Crippen LogP contribution in [0.1, 0.15) is 22.4 Å². The van der Waals surface area contributed by atoms with Gasteiger partial charge in [0.25, 0.3) is 0 Å². The van der Waals surface area contributed by atoms with E-state index in [0.717, 1.165) is 28.4 Å². The van der Waals surface area contributed by atoms with E-state index in [1.165, 1.54) is 11.1 Å². The van der Waals surface area contributed by atoms with Gasteiger partial charge in [-0.25, -0.2) is 4.98 Å². The van der Waals surface area contributed by atoms with Gasteiger partial charge in [0.2, 0.25) is 0 Å². The van der Waals surface area contributed by atoms with E-state index < -0.39 is 0 Å². The molecule has 0 aliphatic heterocycles. The Labute approximate surface area is 124 Å². The van der Waals surface area contributed by atoms with Gasteiger partial charge in [-0.15, -0.1) is 10.2 Å². The molecule has 0 radical (unpaired) electrons. The Balaban J connectivity index is 2.06. The third-order valence-electron chi connectivity index (χ3n) is 3.51. The van der Waals surface area contributed by atoms with E-state index in [9.17, 15) is 0 Å². The van der Waals surface area contributed by atoms with Gasteiger partial charge >= 0.3 is 0 Å². The maximum absolute atomic E-state index is 4.51. The van der Waals surface area contributed by atoms with Crippen molar-refractivity contribution in [2.45, 2.75) is 27.7 Å². The summed E-state index contributed by atoms with van der Waals surface area (Å²) in [5, 5.41) is 8.82. The molecule has 2 heterocycles. The number of pyridine rings is 1. The van der Waals surface area contributed by atoms with Gasteiger partial charge in [-0.1, -0.05) is 23.8 Å². The zero-order valence-electron chi connectivity index (χ0n) is 12.8. The zero-order chi connectivity index (χ0) is 15.0. The molecule has 0 fully saturated rings. The smallest absolute Gasteiger partial charge is 0.182 e. The van der Waals surface area contributed by atoms with Crippen molar-refractivity contribution in [3.63, 3.8) is 0 Å². The molecular weight excluding hydrogens is 260 g/mol. The molecule has 0 aliphatic rings. The van der Waals surface area contributed by atoms with Gasteiger partial charge < -0.3 is 0 Å². The summed E-state index contributed by atoms with van der Waals surface area (Å²) in [7, 11) is 0. The first-order chi connectivity index (χ1) is 10.0. The number of hydrogen-bond donors (Lipinski definition) is 0. The monoisotopic (exact) mass is 278 g/mol. The molecule has 1 aromatic carbocycles. The van der Waals surface area contributed by atoms with Crippen LogP contribution < -0.4 is 0 Å². The molecule has 0 spiro atoms. The van der Waals surface area contributed by atoms with E-state index in [1.807, 2.05) is 48.7 Å². The molecular formula is C17H18N4. The second-order valence-electron chi connectivity index (χ2n) is 5.45. The first-order valence-electron chi connectivity index (χ1n) is 6.99. The maximum Gasteiger partial charge on any atom is 0.182 e. The van der Waals surface area contributed by atoms with Crippen LogP contribution in [0.4, 0.5) is 11.5 Å². The molecule has 0 amide bonds. The van der Waals surface area contributed by atoms with Crippen LogP contribution in [0.5, 0.6) is 0 Å². The van der Waals surface area contributed by atoms with E-state index in [0.29, 0.717) is 0 Å². The predicted molar refractivity (Wildman–Crippen MR) is 84.8 cm³/mol. The second-order valence-corrected chi connectivity index (χ2v) is 5.45.